The Kier molecular flexibility index (Phi) is 2.66. The van der Waals surface area contributed by atoms with Crippen molar-refractivity contribution in [3.8, 4) is 0 Å². The maximum atomic E-state index is 11.5. The van der Waals surface area contributed by atoms with Crippen molar-refractivity contribution < 1.29 is 9.59 Å². The Bertz CT molecular complexity index is 479. The Balaban J connectivity index is 2.29. The molecule has 5 heteroatoms. The summed E-state index contributed by atoms with van der Waals surface area (Å²) in [7, 11) is 1.43. The number of hydrogen-bond donors (Lipinski definition) is 1. The van der Waals surface area contributed by atoms with Crippen LogP contribution >= 0.6 is 11.6 Å². The molecular weight excluding hydrogens is 228 g/mol. The third-order valence-electron chi connectivity index (χ3n) is 2.26. The fraction of sp³-hybridized carbons (Fsp3) is 0.0909. The predicted octanol–water partition coefficient (Wildman–Crippen LogP) is 1.86. The summed E-state index contributed by atoms with van der Waals surface area (Å²) in [5.74, 6) is -0.333. The van der Waals surface area contributed by atoms with Gasteiger partial charge < -0.3 is 5.32 Å². The average molecular weight is 237 g/mol. The zero-order valence-electron chi connectivity index (χ0n) is 8.53. The van der Waals surface area contributed by atoms with E-state index in [1.807, 2.05) is 0 Å². The molecule has 16 heavy (non-hydrogen) atoms. The maximum Gasteiger partial charge on any atom is 0.328 e. The highest BCUT2D eigenvalue weighted by Gasteiger charge is 2.29. The van der Waals surface area contributed by atoms with Gasteiger partial charge in [-0.2, -0.15) is 0 Å². The lowest BCUT2D eigenvalue weighted by Crippen LogP contribution is -2.25. The third-order valence-corrected chi connectivity index (χ3v) is 2.51. The van der Waals surface area contributed by atoms with E-state index < -0.39 is 6.03 Å². The average Bonchev–Trinajstić information content (AvgIpc) is 2.50. The lowest BCUT2D eigenvalue weighted by Gasteiger charge is -1.99. The SMILES string of the molecule is CN1C(=O)NC(=Cc2ccc(Cl)cc2)C1=O. The number of urea groups is 1. The topological polar surface area (TPSA) is 49.4 Å². The van der Waals surface area contributed by atoms with Crippen molar-refractivity contribution >= 4 is 29.6 Å². The summed E-state index contributed by atoms with van der Waals surface area (Å²) in [6.07, 6.45) is 1.61. The second-order valence-electron chi connectivity index (χ2n) is 3.40. The molecular formula is C11H9ClN2O2. The van der Waals surface area contributed by atoms with E-state index in [1.165, 1.54) is 7.05 Å². The summed E-state index contributed by atoms with van der Waals surface area (Å²) in [6, 6.07) is 6.57. The molecule has 1 aromatic rings. The lowest BCUT2D eigenvalue weighted by atomic mass is 10.2. The molecule has 0 saturated carbocycles. The van der Waals surface area contributed by atoms with E-state index in [9.17, 15) is 9.59 Å². The molecule has 0 spiro atoms. The summed E-state index contributed by atoms with van der Waals surface area (Å²) in [5.41, 5.74) is 1.08. The largest absolute Gasteiger partial charge is 0.328 e. The van der Waals surface area contributed by atoms with Crippen LogP contribution in [0, 0.1) is 0 Å². The van der Waals surface area contributed by atoms with E-state index in [1.54, 1.807) is 30.3 Å². The van der Waals surface area contributed by atoms with E-state index in [0.717, 1.165) is 10.5 Å². The van der Waals surface area contributed by atoms with E-state index in [-0.39, 0.29) is 11.6 Å². The molecule has 1 fully saturated rings. The molecule has 0 bridgehead atoms. The Labute approximate surface area is 97.5 Å². The molecule has 4 nitrogen and oxygen atoms in total. The van der Waals surface area contributed by atoms with E-state index in [0.29, 0.717) is 5.02 Å². The number of nitrogens with one attached hydrogen (secondary N) is 1. The lowest BCUT2D eigenvalue weighted by molar-refractivity contribution is -0.121. The Hall–Kier alpha value is -1.81. The molecule has 0 aliphatic carbocycles. The number of rotatable bonds is 1. The summed E-state index contributed by atoms with van der Waals surface area (Å²) >= 11 is 5.74. The van der Waals surface area contributed by atoms with Crippen molar-refractivity contribution in [2.24, 2.45) is 0 Å². The third kappa shape index (κ3) is 1.92. The van der Waals surface area contributed by atoms with Gasteiger partial charge in [0, 0.05) is 12.1 Å². The van der Waals surface area contributed by atoms with Crippen LogP contribution in [0.5, 0.6) is 0 Å². The summed E-state index contributed by atoms with van der Waals surface area (Å²) in [4.78, 5) is 23.7. The molecule has 0 unspecified atom stereocenters. The van der Waals surface area contributed by atoms with Gasteiger partial charge >= 0.3 is 6.03 Å². The van der Waals surface area contributed by atoms with Gasteiger partial charge in [-0.3, -0.25) is 9.69 Å². The molecule has 1 aliphatic rings. The minimum atomic E-state index is -0.412. The number of benzene rings is 1. The van der Waals surface area contributed by atoms with Gasteiger partial charge in [-0.05, 0) is 23.8 Å². The van der Waals surface area contributed by atoms with Crippen LogP contribution in [0.3, 0.4) is 0 Å². The zero-order valence-corrected chi connectivity index (χ0v) is 9.28. The summed E-state index contributed by atoms with van der Waals surface area (Å²) in [5, 5.41) is 3.11. The number of likely N-dealkylation sites (N-methyl/N-ethyl adjacent to an activating group) is 1. The van der Waals surface area contributed by atoms with E-state index in [2.05, 4.69) is 5.32 Å². The number of carbonyl (C=O) groups is 2. The number of halogens is 1. The van der Waals surface area contributed by atoms with E-state index >= 15 is 0 Å². The summed E-state index contributed by atoms with van der Waals surface area (Å²) in [6.45, 7) is 0. The number of carbonyl (C=O) groups excluding carboxylic acids is 2. The Morgan fingerprint density at radius 1 is 1.25 bits per heavy atom. The van der Waals surface area contributed by atoms with Crippen molar-refractivity contribution in [1.29, 1.82) is 0 Å². The molecule has 1 heterocycles. The van der Waals surface area contributed by atoms with E-state index in [4.69, 9.17) is 11.6 Å². The van der Waals surface area contributed by atoms with Crippen LogP contribution in [-0.4, -0.2) is 23.9 Å². The van der Waals surface area contributed by atoms with Crippen LogP contribution < -0.4 is 5.32 Å². The van der Waals surface area contributed by atoms with Crippen LogP contribution in [0.15, 0.2) is 30.0 Å². The zero-order chi connectivity index (χ0) is 11.7. The number of hydrogen-bond acceptors (Lipinski definition) is 2. The first-order chi connectivity index (χ1) is 7.58. The molecule has 82 valence electrons. The standard InChI is InChI=1S/C11H9ClN2O2/c1-14-10(15)9(13-11(14)16)6-7-2-4-8(12)5-3-7/h2-6H,1H3,(H,13,16). The van der Waals surface area contributed by atoms with Gasteiger partial charge in [0.2, 0.25) is 0 Å². The van der Waals surface area contributed by atoms with Gasteiger partial charge in [0.1, 0.15) is 5.70 Å². The van der Waals surface area contributed by atoms with Crippen LogP contribution in [-0.2, 0) is 4.79 Å². The maximum absolute atomic E-state index is 11.5. The van der Waals surface area contributed by atoms with Crippen molar-refractivity contribution in [2.45, 2.75) is 0 Å². The molecule has 1 saturated heterocycles. The minimum absolute atomic E-state index is 0.273. The van der Waals surface area contributed by atoms with Gasteiger partial charge in [-0.1, -0.05) is 23.7 Å². The number of amides is 3. The van der Waals surface area contributed by atoms with Gasteiger partial charge in [-0.15, -0.1) is 0 Å². The van der Waals surface area contributed by atoms with Gasteiger partial charge in [0.15, 0.2) is 0 Å². The first kappa shape index (κ1) is 10.7. The Morgan fingerprint density at radius 2 is 1.88 bits per heavy atom. The number of nitrogens with zero attached hydrogens (tertiary/aromatic N) is 1. The van der Waals surface area contributed by atoms with Gasteiger partial charge in [-0.25, -0.2) is 4.79 Å². The van der Waals surface area contributed by atoms with Crippen molar-refractivity contribution in [3.05, 3.63) is 40.5 Å². The van der Waals surface area contributed by atoms with Crippen molar-refractivity contribution in [2.75, 3.05) is 7.05 Å². The second-order valence-corrected chi connectivity index (χ2v) is 3.84. The van der Waals surface area contributed by atoms with Gasteiger partial charge in [0.25, 0.3) is 5.91 Å². The monoisotopic (exact) mass is 236 g/mol. The quantitative estimate of drug-likeness (QED) is 0.598. The normalized spacial score (nSPS) is 18.1. The smallest absolute Gasteiger partial charge is 0.303 e. The van der Waals surface area contributed by atoms with Crippen molar-refractivity contribution in [1.82, 2.24) is 10.2 Å². The van der Waals surface area contributed by atoms with Crippen LogP contribution in [0.25, 0.3) is 6.08 Å². The highest BCUT2D eigenvalue weighted by molar-refractivity contribution is 6.30. The van der Waals surface area contributed by atoms with Crippen LogP contribution in [0.2, 0.25) is 5.02 Å². The number of imide groups is 1. The second kappa shape index (κ2) is 3.98. The molecule has 1 N–H and O–H groups in total. The van der Waals surface area contributed by atoms with Crippen molar-refractivity contribution in [3.63, 3.8) is 0 Å². The summed E-state index contributed by atoms with van der Waals surface area (Å²) < 4.78 is 0. The molecule has 3 amide bonds. The first-order valence-corrected chi connectivity index (χ1v) is 5.02. The Morgan fingerprint density at radius 3 is 2.38 bits per heavy atom. The predicted molar refractivity (Wildman–Crippen MR) is 60.7 cm³/mol. The van der Waals surface area contributed by atoms with Gasteiger partial charge in [0.05, 0.1) is 0 Å². The molecule has 0 atom stereocenters. The highest BCUT2D eigenvalue weighted by Crippen LogP contribution is 2.14. The van der Waals surface area contributed by atoms with Crippen LogP contribution in [0.1, 0.15) is 5.56 Å². The fourth-order valence-corrected chi connectivity index (χ4v) is 1.47. The highest BCUT2D eigenvalue weighted by atomic mass is 35.5. The molecule has 2 rings (SSSR count). The molecule has 0 aromatic heterocycles. The minimum Gasteiger partial charge on any atom is -0.303 e. The molecule has 1 aliphatic heterocycles. The fourth-order valence-electron chi connectivity index (χ4n) is 1.35. The molecule has 0 radical (unpaired) electrons. The molecule has 1 aromatic carbocycles. The first-order valence-electron chi connectivity index (χ1n) is 4.64. The van der Waals surface area contributed by atoms with Crippen LogP contribution in [0.4, 0.5) is 4.79 Å².